The molecule has 2 aliphatic rings. The van der Waals surface area contributed by atoms with Crippen molar-refractivity contribution in [2.45, 2.75) is 50.4 Å². The van der Waals surface area contributed by atoms with Crippen LogP contribution in [-0.2, 0) is 4.79 Å². The van der Waals surface area contributed by atoms with E-state index in [-0.39, 0.29) is 17.9 Å². The van der Waals surface area contributed by atoms with Crippen LogP contribution in [0.4, 0.5) is 0 Å². The molecule has 0 radical (unpaired) electrons. The average molecular weight is 242 g/mol. The maximum absolute atomic E-state index is 12.0. The molecule has 3 atom stereocenters. The van der Waals surface area contributed by atoms with Crippen molar-refractivity contribution in [1.82, 2.24) is 10.6 Å². The fourth-order valence-corrected chi connectivity index (χ4v) is 2.70. The zero-order valence-corrected chi connectivity index (χ0v) is 10.1. The summed E-state index contributed by atoms with van der Waals surface area (Å²) < 4.78 is 0. The summed E-state index contributed by atoms with van der Waals surface area (Å²) in [5, 5.41) is 25.5. The number of hydrogen-bond donors (Lipinski definition) is 4. The van der Waals surface area contributed by atoms with Crippen molar-refractivity contribution in [3.05, 3.63) is 0 Å². The van der Waals surface area contributed by atoms with Crippen LogP contribution < -0.4 is 10.6 Å². The van der Waals surface area contributed by atoms with E-state index in [9.17, 15) is 15.0 Å². The van der Waals surface area contributed by atoms with Gasteiger partial charge in [0.05, 0.1) is 18.2 Å². The SMILES string of the molecule is O=C(N[C@@H]1CCC[C@@H](O)[C@@H]1O)C1CCNCC1. The molecule has 17 heavy (non-hydrogen) atoms. The lowest BCUT2D eigenvalue weighted by molar-refractivity contribution is -0.129. The molecule has 1 aliphatic heterocycles. The van der Waals surface area contributed by atoms with Gasteiger partial charge in [-0.05, 0) is 45.2 Å². The van der Waals surface area contributed by atoms with Gasteiger partial charge in [-0.1, -0.05) is 0 Å². The van der Waals surface area contributed by atoms with Crippen molar-refractivity contribution < 1.29 is 15.0 Å². The van der Waals surface area contributed by atoms with E-state index in [1.807, 2.05) is 0 Å². The highest BCUT2D eigenvalue weighted by atomic mass is 16.3. The van der Waals surface area contributed by atoms with Gasteiger partial charge in [-0.25, -0.2) is 0 Å². The number of carbonyl (C=O) groups is 1. The molecular formula is C12H22N2O3. The minimum Gasteiger partial charge on any atom is -0.390 e. The molecule has 0 aromatic rings. The summed E-state index contributed by atoms with van der Waals surface area (Å²) in [6, 6.07) is -0.277. The van der Waals surface area contributed by atoms with Crippen molar-refractivity contribution in [2.24, 2.45) is 5.92 Å². The first-order valence-corrected chi connectivity index (χ1v) is 6.55. The number of carbonyl (C=O) groups excluding carboxylic acids is 1. The Hall–Kier alpha value is -0.650. The van der Waals surface area contributed by atoms with Gasteiger partial charge >= 0.3 is 0 Å². The Bertz CT molecular complexity index is 266. The Labute approximate surface area is 102 Å². The van der Waals surface area contributed by atoms with Crippen molar-refractivity contribution >= 4 is 5.91 Å². The summed E-state index contributed by atoms with van der Waals surface area (Å²) in [6.07, 6.45) is 2.45. The molecule has 1 aliphatic carbocycles. The summed E-state index contributed by atoms with van der Waals surface area (Å²) in [5.41, 5.74) is 0. The van der Waals surface area contributed by atoms with Crippen LogP contribution >= 0.6 is 0 Å². The lowest BCUT2D eigenvalue weighted by Gasteiger charge is -2.33. The second-order valence-electron chi connectivity index (χ2n) is 5.13. The molecular weight excluding hydrogens is 220 g/mol. The molecule has 98 valence electrons. The average Bonchev–Trinajstić information content (AvgIpc) is 2.36. The highest BCUT2D eigenvalue weighted by molar-refractivity contribution is 5.79. The van der Waals surface area contributed by atoms with Gasteiger partial charge in [0.15, 0.2) is 0 Å². The van der Waals surface area contributed by atoms with Crippen LogP contribution in [0.5, 0.6) is 0 Å². The number of aliphatic hydroxyl groups excluding tert-OH is 2. The monoisotopic (exact) mass is 242 g/mol. The van der Waals surface area contributed by atoms with Crippen molar-refractivity contribution in [3.8, 4) is 0 Å². The molecule has 2 rings (SSSR count). The molecule has 2 fully saturated rings. The van der Waals surface area contributed by atoms with E-state index < -0.39 is 12.2 Å². The van der Waals surface area contributed by atoms with Crippen LogP contribution in [0, 0.1) is 5.92 Å². The molecule has 4 N–H and O–H groups in total. The molecule has 0 aromatic carbocycles. The Morgan fingerprint density at radius 3 is 2.53 bits per heavy atom. The maximum Gasteiger partial charge on any atom is 0.223 e. The van der Waals surface area contributed by atoms with Crippen LogP contribution in [0.3, 0.4) is 0 Å². The Morgan fingerprint density at radius 2 is 1.82 bits per heavy atom. The van der Waals surface area contributed by atoms with Crippen molar-refractivity contribution in [2.75, 3.05) is 13.1 Å². The zero-order valence-electron chi connectivity index (χ0n) is 10.1. The first kappa shape index (κ1) is 12.8. The summed E-state index contributed by atoms with van der Waals surface area (Å²) in [5.74, 6) is 0.0900. The van der Waals surface area contributed by atoms with Gasteiger partial charge in [-0.2, -0.15) is 0 Å². The smallest absolute Gasteiger partial charge is 0.223 e. The minimum absolute atomic E-state index is 0.0321. The van der Waals surface area contributed by atoms with E-state index in [0.29, 0.717) is 6.42 Å². The van der Waals surface area contributed by atoms with E-state index in [1.165, 1.54) is 0 Å². The molecule has 1 heterocycles. The normalized spacial score (nSPS) is 35.5. The predicted molar refractivity (Wildman–Crippen MR) is 63.4 cm³/mol. The third-order valence-electron chi connectivity index (χ3n) is 3.86. The lowest BCUT2D eigenvalue weighted by Crippen LogP contribution is -2.53. The summed E-state index contributed by atoms with van der Waals surface area (Å²) >= 11 is 0. The van der Waals surface area contributed by atoms with Crippen LogP contribution in [0.1, 0.15) is 32.1 Å². The number of rotatable bonds is 2. The van der Waals surface area contributed by atoms with Gasteiger partial charge < -0.3 is 20.8 Å². The van der Waals surface area contributed by atoms with Gasteiger partial charge in [0.2, 0.25) is 5.91 Å². The third-order valence-corrected chi connectivity index (χ3v) is 3.86. The zero-order chi connectivity index (χ0) is 12.3. The highest BCUT2D eigenvalue weighted by Crippen LogP contribution is 2.20. The minimum atomic E-state index is -0.811. The number of piperidine rings is 1. The Balaban J connectivity index is 1.84. The molecule has 0 unspecified atom stereocenters. The van der Waals surface area contributed by atoms with Crippen LogP contribution in [0.2, 0.25) is 0 Å². The molecule has 0 bridgehead atoms. The number of amides is 1. The van der Waals surface area contributed by atoms with Crippen molar-refractivity contribution in [1.29, 1.82) is 0 Å². The van der Waals surface area contributed by atoms with E-state index >= 15 is 0 Å². The number of hydrogen-bond acceptors (Lipinski definition) is 4. The van der Waals surface area contributed by atoms with Gasteiger partial charge in [-0.15, -0.1) is 0 Å². The van der Waals surface area contributed by atoms with Gasteiger partial charge in [0.25, 0.3) is 0 Å². The summed E-state index contributed by atoms with van der Waals surface area (Å²) in [7, 11) is 0. The van der Waals surface area contributed by atoms with Gasteiger partial charge in [0.1, 0.15) is 0 Å². The third kappa shape index (κ3) is 3.18. The van der Waals surface area contributed by atoms with Gasteiger partial charge in [-0.3, -0.25) is 4.79 Å². The van der Waals surface area contributed by atoms with E-state index in [4.69, 9.17) is 0 Å². The predicted octanol–water partition coefficient (Wildman–Crippen LogP) is -0.624. The first-order valence-electron chi connectivity index (χ1n) is 6.55. The summed E-state index contributed by atoms with van der Waals surface area (Å²) in [4.78, 5) is 12.0. The second-order valence-corrected chi connectivity index (χ2v) is 5.13. The Kier molecular flexibility index (Phi) is 4.36. The fraction of sp³-hybridized carbons (Fsp3) is 0.917. The molecule has 1 saturated carbocycles. The lowest BCUT2D eigenvalue weighted by atomic mass is 9.89. The second kappa shape index (κ2) is 5.80. The molecule has 1 saturated heterocycles. The highest BCUT2D eigenvalue weighted by Gasteiger charge is 2.33. The van der Waals surface area contributed by atoms with E-state index in [0.717, 1.165) is 38.8 Å². The van der Waals surface area contributed by atoms with E-state index in [1.54, 1.807) is 0 Å². The summed E-state index contributed by atoms with van der Waals surface area (Å²) in [6.45, 7) is 1.77. The standard InChI is InChI=1S/C12H22N2O3/c15-10-3-1-2-9(11(10)16)14-12(17)8-4-6-13-7-5-8/h8-11,13,15-16H,1-7H2,(H,14,17)/t9-,10-,11-/m1/s1. The van der Waals surface area contributed by atoms with Crippen LogP contribution in [0.15, 0.2) is 0 Å². The van der Waals surface area contributed by atoms with Crippen molar-refractivity contribution in [3.63, 3.8) is 0 Å². The topological polar surface area (TPSA) is 81.6 Å². The number of aliphatic hydroxyl groups is 2. The molecule has 1 amide bonds. The fourth-order valence-electron chi connectivity index (χ4n) is 2.70. The largest absolute Gasteiger partial charge is 0.390 e. The molecule has 0 spiro atoms. The first-order chi connectivity index (χ1) is 8.18. The Morgan fingerprint density at radius 1 is 1.12 bits per heavy atom. The van der Waals surface area contributed by atoms with Crippen LogP contribution in [0.25, 0.3) is 0 Å². The van der Waals surface area contributed by atoms with Crippen LogP contribution in [-0.4, -0.2) is 47.5 Å². The molecule has 0 aromatic heterocycles. The van der Waals surface area contributed by atoms with E-state index in [2.05, 4.69) is 10.6 Å². The maximum atomic E-state index is 12.0. The van der Waals surface area contributed by atoms with Gasteiger partial charge in [0, 0.05) is 5.92 Å². The molecule has 5 nitrogen and oxygen atoms in total. The quantitative estimate of drug-likeness (QED) is 0.520. The molecule has 5 heteroatoms. The number of nitrogens with one attached hydrogen (secondary N) is 2.